The maximum absolute atomic E-state index is 13.1. The molecule has 3 rings (SSSR count). The molecular formula is C21H25F2N3O5S. The molecule has 1 saturated carbocycles. The van der Waals surface area contributed by atoms with Gasteiger partial charge in [0.1, 0.15) is 22.1 Å². The van der Waals surface area contributed by atoms with Crippen LogP contribution in [0, 0.1) is 6.92 Å². The lowest BCUT2D eigenvalue weighted by molar-refractivity contribution is -0.116. The Morgan fingerprint density at radius 3 is 2.53 bits per heavy atom. The molecule has 2 heterocycles. The van der Waals surface area contributed by atoms with Gasteiger partial charge in [-0.05, 0) is 52.2 Å². The van der Waals surface area contributed by atoms with E-state index < -0.39 is 30.4 Å². The molecular weight excluding hydrogens is 444 g/mol. The number of alkyl halides is 2. The van der Waals surface area contributed by atoms with Crippen LogP contribution in [0.4, 0.5) is 13.8 Å². The lowest BCUT2D eigenvalue weighted by Crippen LogP contribution is -2.22. The van der Waals surface area contributed by atoms with Crippen LogP contribution in [0.15, 0.2) is 6.07 Å². The molecule has 0 radical (unpaired) electrons. The number of halogens is 2. The minimum absolute atomic E-state index is 0.0660. The summed E-state index contributed by atoms with van der Waals surface area (Å²) in [4.78, 5) is 37.8. The van der Waals surface area contributed by atoms with Crippen molar-refractivity contribution >= 4 is 34.2 Å². The molecule has 2 aromatic rings. The third-order valence-corrected chi connectivity index (χ3v) is 5.94. The number of amides is 1. The molecule has 0 unspecified atom stereocenters. The monoisotopic (exact) mass is 469 g/mol. The van der Waals surface area contributed by atoms with Crippen molar-refractivity contribution in [2.75, 3.05) is 11.9 Å². The van der Waals surface area contributed by atoms with Gasteiger partial charge in [0.15, 0.2) is 0 Å². The fraction of sp³-hybridized carbons (Fsp3) is 0.524. The molecule has 0 saturated heterocycles. The quantitative estimate of drug-likeness (QED) is 0.545. The zero-order valence-corrected chi connectivity index (χ0v) is 19.1. The molecule has 0 bridgehead atoms. The van der Waals surface area contributed by atoms with Crippen molar-refractivity contribution < 1.29 is 32.6 Å². The number of nitrogens with one attached hydrogen (secondary N) is 1. The maximum atomic E-state index is 13.1. The summed E-state index contributed by atoms with van der Waals surface area (Å²) in [5, 5.41) is 6.62. The normalized spacial score (nSPS) is 13.5. The van der Waals surface area contributed by atoms with E-state index in [4.69, 9.17) is 9.47 Å². The van der Waals surface area contributed by atoms with Gasteiger partial charge in [-0.1, -0.05) is 0 Å². The zero-order valence-electron chi connectivity index (χ0n) is 18.2. The SMILES string of the molecule is CCOC(=O)c1sc(NC(=O)Cn2nc(C(F)F)cc2C2CC2)c(C(=O)OC(C)C)c1C. The number of aromatic nitrogens is 2. The number of anilines is 1. The van der Waals surface area contributed by atoms with Crippen LogP contribution < -0.4 is 5.32 Å². The summed E-state index contributed by atoms with van der Waals surface area (Å²) in [7, 11) is 0. The molecule has 1 aliphatic rings. The van der Waals surface area contributed by atoms with E-state index in [1.807, 2.05) is 0 Å². The molecule has 8 nitrogen and oxygen atoms in total. The first-order valence-electron chi connectivity index (χ1n) is 10.3. The Morgan fingerprint density at radius 2 is 1.97 bits per heavy atom. The second-order valence-corrected chi connectivity index (χ2v) is 8.73. The van der Waals surface area contributed by atoms with Crippen molar-refractivity contribution in [1.82, 2.24) is 9.78 Å². The van der Waals surface area contributed by atoms with Gasteiger partial charge in [-0.25, -0.2) is 18.4 Å². The fourth-order valence-corrected chi connectivity index (χ4v) is 4.31. The van der Waals surface area contributed by atoms with Gasteiger partial charge in [0.05, 0.1) is 18.3 Å². The molecule has 1 fully saturated rings. The highest BCUT2D eigenvalue weighted by molar-refractivity contribution is 7.18. The smallest absolute Gasteiger partial charge is 0.348 e. The highest BCUT2D eigenvalue weighted by atomic mass is 32.1. The molecule has 0 aliphatic heterocycles. The summed E-state index contributed by atoms with van der Waals surface area (Å²) >= 11 is 0.904. The van der Waals surface area contributed by atoms with Crippen molar-refractivity contribution in [3.05, 3.63) is 33.5 Å². The van der Waals surface area contributed by atoms with Crippen LogP contribution >= 0.6 is 11.3 Å². The third-order valence-electron chi connectivity index (χ3n) is 4.75. The second kappa shape index (κ2) is 9.76. The summed E-state index contributed by atoms with van der Waals surface area (Å²) in [6.45, 7) is 6.45. The third kappa shape index (κ3) is 5.32. The summed E-state index contributed by atoms with van der Waals surface area (Å²) in [6, 6.07) is 1.33. The van der Waals surface area contributed by atoms with Crippen molar-refractivity contribution in [3.63, 3.8) is 0 Å². The number of ether oxygens (including phenoxy) is 2. The number of thiophene rings is 1. The lowest BCUT2D eigenvalue weighted by atomic mass is 10.1. The summed E-state index contributed by atoms with van der Waals surface area (Å²) < 4.78 is 37.7. The molecule has 32 heavy (non-hydrogen) atoms. The Hall–Kier alpha value is -2.82. The van der Waals surface area contributed by atoms with Crippen LogP contribution in [0.3, 0.4) is 0 Å². The van der Waals surface area contributed by atoms with Crippen LogP contribution in [0.5, 0.6) is 0 Å². The van der Waals surface area contributed by atoms with E-state index in [1.54, 1.807) is 27.7 Å². The maximum Gasteiger partial charge on any atom is 0.348 e. The topological polar surface area (TPSA) is 99.5 Å². The van der Waals surface area contributed by atoms with Crippen LogP contribution in [0.2, 0.25) is 0 Å². The van der Waals surface area contributed by atoms with Crippen molar-refractivity contribution in [1.29, 1.82) is 0 Å². The molecule has 1 N–H and O–H groups in total. The van der Waals surface area contributed by atoms with E-state index >= 15 is 0 Å². The van der Waals surface area contributed by atoms with Crippen molar-refractivity contribution in [2.45, 2.75) is 65.5 Å². The number of rotatable bonds is 9. The van der Waals surface area contributed by atoms with E-state index in [0.717, 1.165) is 24.2 Å². The average molecular weight is 470 g/mol. The van der Waals surface area contributed by atoms with E-state index in [2.05, 4.69) is 10.4 Å². The predicted octanol–water partition coefficient (Wildman–Crippen LogP) is 4.45. The largest absolute Gasteiger partial charge is 0.462 e. The van der Waals surface area contributed by atoms with Gasteiger partial charge in [0.25, 0.3) is 6.43 Å². The van der Waals surface area contributed by atoms with Crippen LogP contribution in [-0.2, 0) is 20.8 Å². The van der Waals surface area contributed by atoms with E-state index in [0.29, 0.717) is 11.3 Å². The van der Waals surface area contributed by atoms with Gasteiger partial charge < -0.3 is 14.8 Å². The Bertz CT molecular complexity index is 1030. The Kier molecular flexibility index (Phi) is 7.27. The minimum Gasteiger partial charge on any atom is -0.462 e. The number of carbonyl (C=O) groups excluding carboxylic acids is 3. The van der Waals surface area contributed by atoms with Crippen molar-refractivity contribution in [2.24, 2.45) is 0 Å². The number of hydrogen-bond acceptors (Lipinski definition) is 7. The lowest BCUT2D eigenvalue weighted by Gasteiger charge is -2.11. The predicted molar refractivity (Wildman–Crippen MR) is 113 cm³/mol. The van der Waals surface area contributed by atoms with Crippen LogP contribution in [-0.4, -0.2) is 40.3 Å². The Morgan fingerprint density at radius 1 is 1.28 bits per heavy atom. The number of nitrogens with zero attached hydrogens (tertiary/aromatic N) is 2. The van der Waals surface area contributed by atoms with Gasteiger partial charge in [0, 0.05) is 11.6 Å². The Balaban J connectivity index is 1.87. The van der Waals surface area contributed by atoms with E-state index in [-0.39, 0.29) is 40.2 Å². The van der Waals surface area contributed by atoms with Crippen molar-refractivity contribution in [3.8, 4) is 0 Å². The average Bonchev–Trinajstić information content (AvgIpc) is 3.36. The fourth-order valence-electron chi connectivity index (χ4n) is 3.21. The van der Waals surface area contributed by atoms with Gasteiger partial charge in [-0.2, -0.15) is 5.10 Å². The summed E-state index contributed by atoms with van der Waals surface area (Å²) in [6.07, 6.45) is -1.43. The molecule has 0 aromatic carbocycles. The highest BCUT2D eigenvalue weighted by Gasteiger charge is 2.31. The second-order valence-electron chi connectivity index (χ2n) is 7.71. The molecule has 2 aromatic heterocycles. The van der Waals surface area contributed by atoms with Crippen LogP contribution in [0.1, 0.15) is 82.9 Å². The molecule has 0 spiro atoms. The molecule has 11 heteroatoms. The molecule has 0 atom stereocenters. The number of carbonyl (C=O) groups is 3. The standard InChI is InChI=1S/C21H25F2N3O5S/c1-5-30-21(29)17-11(4)16(20(28)31-10(2)3)19(32-17)24-15(27)9-26-14(12-6-7-12)8-13(25-26)18(22)23/h8,10,12,18H,5-7,9H2,1-4H3,(H,24,27). The van der Waals surface area contributed by atoms with E-state index in [9.17, 15) is 23.2 Å². The molecule has 174 valence electrons. The zero-order chi connectivity index (χ0) is 23.6. The highest BCUT2D eigenvalue weighted by Crippen LogP contribution is 2.41. The van der Waals surface area contributed by atoms with E-state index in [1.165, 1.54) is 10.7 Å². The first-order chi connectivity index (χ1) is 15.1. The first kappa shape index (κ1) is 23.8. The molecule has 1 aliphatic carbocycles. The number of esters is 2. The summed E-state index contributed by atoms with van der Waals surface area (Å²) in [5.74, 6) is -1.75. The number of hydrogen-bond donors (Lipinski definition) is 1. The van der Waals surface area contributed by atoms with Gasteiger partial charge >= 0.3 is 11.9 Å². The minimum atomic E-state index is -2.73. The van der Waals surface area contributed by atoms with Gasteiger partial charge in [-0.3, -0.25) is 9.48 Å². The van der Waals surface area contributed by atoms with Crippen LogP contribution in [0.25, 0.3) is 0 Å². The molecule has 1 amide bonds. The van der Waals surface area contributed by atoms with Gasteiger partial charge in [-0.15, -0.1) is 11.3 Å². The van der Waals surface area contributed by atoms with Gasteiger partial charge in [0.2, 0.25) is 5.91 Å². The Labute approximate surface area is 187 Å². The first-order valence-corrected chi connectivity index (χ1v) is 11.1. The summed E-state index contributed by atoms with van der Waals surface area (Å²) in [5.41, 5.74) is 0.616.